The fraction of sp³-hybridized carbons (Fsp3) is 0.118. The second-order valence-electron chi connectivity index (χ2n) is 4.49. The highest BCUT2D eigenvalue weighted by Crippen LogP contribution is 2.19. The molecule has 0 spiro atoms. The summed E-state index contributed by atoms with van der Waals surface area (Å²) < 4.78 is 27.9. The van der Waals surface area contributed by atoms with Crippen molar-refractivity contribution in [2.45, 2.75) is 18.7 Å². The molecular weight excluding hydrogens is 408 g/mol. The minimum Gasteiger partial charge on any atom is -0.288 e. The molecule has 0 radical (unpaired) electrons. The van der Waals surface area contributed by atoms with Gasteiger partial charge in [-0.3, -0.25) is 14.7 Å². The van der Waals surface area contributed by atoms with Crippen LogP contribution in [-0.2, 0) is 14.8 Å². The van der Waals surface area contributed by atoms with Crippen LogP contribution in [0.1, 0.15) is 19.4 Å². The first-order valence-electron chi connectivity index (χ1n) is 7.41. The number of hydroxylamine groups is 1. The van der Waals surface area contributed by atoms with E-state index < -0.39 is 15.9 Å². The van der Waals surface area contributed by atoms with Crippen LogP contribution in [0.25, 0.3) is 6.08 Å². The molecule has 3 N–H and O–H groups in total. The van der Waals surface area contributed by atoms with E-state index in [0.717, 1.165) is 10.5 Å². The van der Waals surface area contributed by atoms with Crippen molar-refractivity contribution in [1.29, 1.82) is 0 Å². The molecule has 0 bridgehead atoms. The zero-order chi connectivity index (χ0) is 18.9. The molecule has 0 saturated heterocycles. The maximum absolute atomic E-state index is 12.3. The summed E-state index contributed by atoms with van der Waals surface area (Å²) >= 11 is 3.28. The van der Waals surface area contributed by atoms with Crippen molar-refractivity contribution in [3.8, 4) is 0 Å². The molecule has 0 aromatic heterocycles. The zero-order valence-corrected chi connectivity index (χ0v) is 16.1. The molecule has 25 heavy (non-hydrogen) atoms. The lowest BCUT2D eigenvalue weighted by Crippen LogP contribution is -2.14. The van der Waals surface area contributed by atoms with Crippen LogP contribution in [0.4, 0.5) is 5.69 Å². The zero-order valence-electron chi connectivity index (χ0n) is 13.7. The lowest BCUT2D eigenvalue weighted by Gasteiger charge is -2.08. The number of hydrogen-bond acceptors (Lipinski definition) is 4. The van der Waals surface area contributed by atoms with E-state index in [1.54, 1.807) is 36.4 Å². The van der Waals surface area contributed by atoms with Gasteiger partial charge >= 0.3 is 0 Å². The first-order chi connectivity index (χ1) is 11.9. The number of carbonyl (C=O) groups excluding carboxylic acids is 1. The van der Waals surface area contributed by atoms with Crippen LogP contribution in [0.2, 0.25) is 0 Å². The van der Waals surface area contributed by atoms with Crippen LogP contribution in [0.5, 0.6) is 0 Å². The fourth-order valence-corrected chi connectivity index (χ4v) is 3.02. The molecule has 0 fully saturated rings. The SMILES string of the molecule is CC.O=C(/C=C/c1ccc(S(=O)(=O)Nc2ccc(Br)cc2)cc1)NO. The monoisotopic (exact) mass is 426 g/mol. The molecule has 0 aliphatic heterocycles. The fourth-order valence-electron chi connectivity index (χ4n) is 1.70. The molecule has 0 unspecified atom stereocenters. The lowest BCUT2D eigenvalue weighted by atomic mass is 10.2. The highest BCUT2D eigenvalue weighted by atomic mass is 79.9. The predicted octanol–water partition coefficient (Wildman–Crippen LogP) is 3.79. The van der Waals surface area contributed by atoms with E-state index in [9.17, 15) is 13.2 Å². The van der Waals surface area contributed by atoms with Crippen molar-refractivity contribution in [3.05, 3.63) is 64.6 Å². The Morgan fingerprint density at radius 2 is 1.60 bits per heavy atom. The minimum absolute atomic E-state index is 0.101. The molecule has 2 rings (SSSR count). The first-order valence-corrected chi connectivity index (χ1v) is 9.69. The third kappa shape index (κ3) is 6.69. The first kappa shape index (κ1) is 20.9. The van der Waals surface area contributed by atoms with Crippen LogP contribution in [0.15, 0.2) is 64.0 Å². The van der Waals surface area contributed by atoms with Gasteiger partial charge in [0.05, 0.1) is 4.90 Å². The summed E-state index contributed by atoms with van der Waals surface area (Å²) in [7, 11) is -3.69. The molecular formula is C17H19BrN2O4S. The summed E-state index contributed by atoms with van der Waals surface area (Å²) in [5.41, 5.74) is 2.54. The number of benzene rings is 2. The number of halogens is 1. The molecule has 134 valence electrons. The van der Waals surface area contributed by atoms with Crippen molar-refractivity contribution >= 4 is 43.6 Å². The standard InChI is InChI=1S/C15H13BrN2O4S.C2H6/c16-12-4-6-13(7-5-12)18-23(21,22)14-8-1-11(2-9-14)3-10-15(19)17-20;1-2/h1-10,18,20H,(H,17,19);1-2H3/b10-3+;. The number of carbonyl (C=O) groups is 1. The molecule has 0 atom stereocenters. The summed E-state index contributed by atoms with van der Waals surface area (Å²) in [6.45, 7) is 4.00. The maximum atomic E-state index is 12.3. The van der Waals surface area contributed by atoms with Gasteiger partial charge in [0.15, 0.2) is 0 Å². The Kier molecular flexibility index (Phi) is 8.33. The lowest BCUT2D eigenvalue weighted by molar-refractivity contribution is -0.124. The summed E-state index contributed by atoms with van der Waals surface area (Å²) in [5.74, 6) is -0.668. The molecule has 2 aromatic rings. The van der Waals surface area contributed by atoms with E-state index in [-0.39, 0.29) is 4.90 Å². The quantitative estimate of drug-likeness (QED) is 0.384. The Morgan fingerprint density at radius 1 is 1.04 bits per heavy atom. The maximum Gasteiger partial charge on any atom is 0.267 e. The number of hydrogen-bond donors (Lipinski definition) is 3. The van der Waals surface area contributed by atoms with Crippen LogP contribution >= 0.6 is 15.9 Å². The molecule has 6 nitrogen and oxygen atoms in total. The molecule has 2 aromatic carbocycles. The van der Waals surface area contributed by atoms with Gasteiger partial charge in [-0.2, -0.15) is 0 Å². The number of sulfonamides is 1. The van der Waals surface area contributed by atoms with Gasteiger partial charge in [0, 0.05) is 16.2 Å². The highest BCUT2D eigenvalue weighted by Gasteiger charge is 2.13. The molecule has 1 amide bonds. The van der Waals surface area contributed by atoms with Crippen LogP contribution < -0.4 is 10.2 Å². The van der Waals surface area contributed by atoms with E-state index in [1.807, 2.05) is 13.8 Å². The molecule has 0 aliphatic rings. The Labute approximate surface area is 155 Å². The van der Waals surface area contributed by atoms with E-state index >= 15 is 0 Å². The largest absolute Gasteiger partial charge is 0.288 e. The Balaban J connectivity index is 0.00000151. The normalized spacial score (nSPS) is 10.7. The van der Waals surface area contributed by atoms with Crippen molar-refractivity contribution in [1.82, 2.24) is 5.48 Å². The number of amides is 1. The average molecular weight is 427 g/mol. The van der Waals surface area contributed by atoms with Crippen molar-refractivity contribution in [2.75, 3.05) is 4.72 Å². The van der Waals surface area contributed by atoms with Gasteiger partial charge in [-0.05, 0) is 48.0 Å². The highest BCUT2D eigenvalue weighted by molar-refractivity contribution is 9.10. The Hall–Kier alpha value is -2.16. The molecule has 8 heteroatoms. The van der Waals surface area contributed by atoms with Gasteiger partial charge in [0.2, 0.25) is 0 Å². The smallest absolute Gasteiger partial charge is 0.267 e. The van der Waals surface area contributed by atoms with Gasteiger partial charge < -0.3 is 0 Å². The van der Waals surface area contributed by atoms with Crippen molar-refractivity contribution < 1.29 is 18.4 Å². The summed E-state index contributed by atoms with van der Waals surface area (Å²) in [6.07, 6.45) is 2.58. The van der Waals surface area contributed by atoms with Gasteiger partial charge in [-0.1, -0.05) is 41.9 Å². The van der Waals surface area contributed by atoms with Gasteiger partial charge in [0.25, 0.3) is 15.9 Å². The second-order valence-corrected chi connectivity index (χ2v) is 7.09. The molecule has 0 heterocycles. The Bertz CT molecular complexity index is 817. The van der Waals surface area contributed by atoms with Gasteiger partial charge in [-0.25, -0.2) is 13.9 Å². The van der Waals surface area contributed by atoms with E-state index in [1.165, 1.54) is 23.7 Å². The summed E-state index contributed by atoms with van der Waals surface area (Å²) in [6, 6.07) is 12.7. The van der Waals surface area contributed by atoms with E-state index in [4.69, 9.17) is 5.21 Å². The predicted molar refractivity (Wildman–Crippen MR) is 102 cm³/mol. The molecule has 0 aliphatic carbocycles. The second kappa shape index (κ2) is 9.97. The number of nitrogens with one attached hydrogen (secondary N) is 2. The van der Waals surface area contributed by atoms with Gasteiger partial charge in [0.1, 0.15) is 0 Å². The topological polar surface area (TPSA) is 95.5 Å². The number of rotatable bonds is 5. The summed E-state index contributed by atoms with van der Waals surface area (Å²) in [5, 5.41) is 8.38. The third-order valence-corrected chi connectivity index (χ3v) is 4.75. The van der Waals surface area contributed by atoms with Crippen molar-refractivity contribution in [2.24, 2.45) is 0 Å². The van der Waals surface area contributed by atoms with Crippen molar-refractivity contribution in [3.63, 3.8) is 0 Å². The average Bonchev–Trinajstić information content (AvgIpc) is 2.63. The van der Waals surface area contributed by atoms with Crippen LogP contribution in [0, 0.1) is 0 Å². The van der Waals surface area contributed by atoms with Crippen LogP contribution in [-0.4, -0.2) is 19.5 Å². The van der Waals surface area contributed by atoms with E-state index in [2.05, 4.69) is 20.7 Å². The Morgan fingerprint density at radius 3 is 2.12 bits per heavy atom. The molecule has 0 saturated carbocycles. The summed E-state index contributed by atoms with van der Waals surface area (Å²) in [4.78, 5) is 11.0. The minimum atomic E-state index is -3.69. The number of anilines is 1. The van der Waals surface area contributed by atoms with Gasteiger partial charge in [-0.15, -0.1) is 0 Å². The van der Waals surface area contributed by atoms with Crippen LogP contribution in [0.3, 0.4) is 0 Å². The third-order valence-electron chi connectivity index (χ3n) is 2.82. The van der Waals surface area contributed by atoms with E-state index in [0.29, 0.717) is 11.3 Å².